The highest BCUT2D eigenvalue weighted by atomic mass is 19.1. The highest BCUT2D eigenvalue weighted by molar-refractivity contribution is 6.05. The Labute approximate surface area is 269 Å². The van der Waals surface area contributed by atoms with Gasteiger partial charge in [-0.05, 0) is 108 Å². The topological polar surface area (TPSA) is 83.1 Å². The van der Waals surface area contributed by atoms with E-state index >= 15 is 4.39 Å². The molecule has 0 saturated heterocycles. The van der Waals surface area contributed by atoms with E-state index in [-0.39, 0.29) is 22.5 Å². The first kappa shape index (κ1) is 32.6. The van der Waals surface area contributed by atoms with Crippen LogP contribution < -0.4 is 4.74 Å². The standard InChI is InChI=1S/C39H38F2N2O3/c1-5-6-14-45-38(44)25-8-7-9-33(20-25)46-35-21-30(39(2,3)4)17-27-16-29(22-42)34(23-43)36(37(27)35)28-15-26(18-32(41)19-28)24-10-12-31(40)13-11-24/h7-9,15-21,24,31H,5-6,10-14H2,1-4H3. The van der Waals surface area contributed by atoms with Crippen LogP contribution in [0.2, 0.25) is 0 Å². The predicted octanol–water partition coefficient (Wildman–Crippen LogP) is 10.4. The molecule has 0 amide bonds. The van der Waals surface area contributed by atoms with Crippen molar-refractivity contribution >= 4 is 16.7 Å². The Morgan fingerprint density at radius 1 is 0.978 bits per heavy atom. The minimum atomic E-state index is -0.848. The number of rotatable bonds is 8. The Kier molecular flexibility index (Phi) is 9.73. The van der Waals surface area contributed by atoms with Gasteiger partial charge in [0, 0.05) is 10.9 Å². The van der Waals surface area contributed by atoms with Gasteiger partial charge in [-0.1, -0.05) is 52.3 Å². The van der Waals surface area contributed by atoms with Gasteiger partial charge in [-0.2, -0.15) is 10.5 Å². The molecule has 0 spiro atoms. The van der Waals surface area contributed by atoms with Gasteiger partial charge in [-0.25, -0.2) is 13.6 Å². The summed E-state index contributed by atoms with van der Waals surface area (Å²) in [5.74, 6) is -0.155. The van der Waals surface area contributed by atoms with E-state index in [0.717, 1.165) is 24.0 Å². The maximum absolute atomic E-state index is 15.4. The number of esters is 1. The van der Waals surface area contributed by atoms with Crippen molar-refractivity contribution in [2.75, 3.05) is 6.61 Å². The van der Waals surface area contributed by atoms with Crippen LogP contribution in [0.25, 0.3) is 21.9 Å². The molecule has 0 N–H and O–H groups in total. The number of carbonyl (C=O) groups is 1. The van der Waals surface area contributed by atoms with Crippen molar-refractivity contribution < 1.29 is 23.0 Å². The Balaban J connectivity index is 1.73. The van der Waals surface area contributed by atoms with Crippen molar-refractivity contribution in [2.45, 2.75) is 83.7 Å². The molecule has 0 unspecified atom stereocenters. The third-order valence-electron chi connectivity index (χ3n) is 8.67. The van der Waals surface area contributed by atoms with Gasteiger partial charge in [-0.15, -0.1) is 0 Å². The molecule has 0 aromatic heterocycles. The molecule has 7 heteroatoms. The van der Waals surface area contributed by atoms with Crippen molar-refractivity contribution in [3.8, 4) is 34.8 Å². The maximum Gasteiger partial charge on any atom is 0.338 e. The van der Waals surface area contributed by atoms with Gasteiger partial charge in [0.15, 0.2) is 0 Å². The lowest BCUT2D eigenvalue weighted by molar-refractivity contribution is 0.0499. The molecule has 4 aromatic carbocycles. The first-order valence-electron chi connectivity index (χ1n) is 15.9. The Hall–Kier alpha value is -4.75. The summed E-state index contributed by atoms with van der Waals surface area (Å²) in [4.78, 5) is 12.7. The van der Waals surface area contributed by atoms with Crippen molar-refractivity contribution in [3.63, 3.8) is 0 Å². The van der Waals surface area contributed by atoms with Crippen LogP contribution in [0.3, 0.4) is 0 Å². The summed E-state index contributed by atoms with van der Waals surface area (Å²) < 4.78 is 41.2. The lowest BCUT2D eigenvalue weighted by Gasteiger charge is -2.26. The van der Waals surface area contributed by atoms with E-state index in [9.17, 15) is 19.7 Å². The fourth-order valence-electron chi connectivity index (χ4n) is 6.10. The van der Waals surface area contributed by atoms with Crippen LogP contribution in [0.1, 0.15) is 105 Å². The zero-order valence-corrected chi connectivity index (χ0v) is 26.8. The fourth-order valence-corrected chi connectivity index (χ4v) is 6.10. The summed E-state index contributed by atoms with van der Waals surface area (Å²) in [6.07, 6.45) is 2.88. The molecule has 46 heavy (non-hydrogen) atoms. The molecular formula is C39H38F2N2O3. The number of nitrogens with zero attached hydrogens (tertiary/aromatic N) is 2. The number of benzene rings is 4. The second kappa shape index (κ2) is 13.7. The van der Waals surface area contributed by atoms with Crippen molar-refractivity contribution in [2.24, 2.45) is 0 Å². The normalized spacial score (nSPS) is 16.4. The smallest absolute Gasteiger partial charge is 0.338 e. The Morgan fingerprint density at radius 2 is 1.74 bits per heavy atom. The molecule has 0 aliphatic heterocycles. The molecule has 5 rings (SSSR count). The quantitative estimate of drug-likeness (QED) is 0.145. The molecule has 1 aliphatic rings. The second-order valence-electron chi connectivity index (χ2n) is 13.1. The first-order valence-corrected chi connectivity index (χ1v) is 15.9. The third-order valence-corrected chi connectivity index (χ3v) is 8.67. The van der Waals surface area contributed by atoms with Crippen LogP contribution >= 0.6 is 0 Å². The van der Waals surface area contributed by atoms with Crippen LogP contribution in [0.5, 0.6) is 11.5 Å². The minimum Gasteiger partial charge on any atom is -0.462 e. The lowest BCUT2D eigenvalue weighted by Crippen LogP contribution is -2.14. The summed E-state index contributed by atoms with van der Waals surface area (Å²) in [5, 5.41) is 21.7. The molecule has 4 aromatic rings. The average Bonchev–Trinajstić information content (AvgIpc) is 3.03. The number of unbranched alkanes of at least 4 members (excludes halogenated alkanes) is 1. The average molecular weight is 621 g/mol. The number of carbonyl (C=O) groups excluding carboxylic acids is 1. The maximum atomic E-state index is 15.4. The van der Waals surface area contributed by atoms with E-state index in [1.165, 1.54) is 12.1 Å². The van der Waals surface area contributed by atoms with Crippen LogP contribution in [0.15, 0.2) is 60.7 Å². The first-order chi connectivity index (χ1) is 22.0. The van der Waals surface area contributed by atoms with Crippen LogP contribution in [-0.2, 0) is 10.2 Å². The van der Waals surface area contributed by atoms with Crippen LogP contribution in [0, 0.1) is 28.5 Å². The molecule has 1 saturated carbocycles. The zero-order valence-electron chi connectivity index (χ0n) is 26.8. The van der Waals surface area contributed by atoms with Crippen molar-refractivity contribution in [1.29, 1.82) is 10.5 Å². The van der Waals surface area contributed by atoms with E-state index in [1.54, 1.807) is 30.3 Å². The monoisotopic (exact) mass is 620 g/mol. The van der Waals surface area contributed by atoms with Gasteiger partial charge in [0.05, 0.1) is 23.3 Å². The van der Waals surface area contributed by atoms with E-state index in [2.05, 4.69) is 32.9 Å². The lowest BCUT2D eigenvalue weighted by atomic mass is 9.80. The van der Waals surface area contributed by atoms with E-state index in [0.29, 0.717) is 71.3 Å². The summed E-state index contributed by atoms with van der Waals surface area (Å²) in [7, 11) is 0. The van der Waals surface area contributed by atoms with Gasteiger partial charge in [0.1, 0.15) is 35.6 Å². The molecule has 236 valence electrons. The zero-order chi connectivity index (χ0) is 33.0. The van der Waals surface area contributed by atoms with E-state index < -0.39 is 18.0 Å². The molecule has 1 aliphatic carbocycles. The summed E-state index contributed by atoms with van der Waals surface area (Å²) in [5.41, 5.74) is 2.81. The number of hydrogen-bond acceptors (Lipinski definition) is 5. The molecule has 0 radical (unpaired) electrons. The van der Waals surface area contributed by atoms with Crippen molar-refractivity contribution in [3.05, 3.63) is 94.3 Å². The summed E-state index contributed by atoms with van der Waals surface area (Å²) in [6, 6.07) is 21.3. The molecule has 1 fully saturated rings. The molecule has 0 bridgehead atoms. The highest BCUT2D eigenvalue weighted by Crippen LogP contribution is 2.45. The Bertz CT molecular complexity index is 1850. The van der Waals surface area contributed by atoms with Crippen LogP contribution in [0.4, 0.5) is 8.78 Å². The third kappa shape index (κ3) is 7.05. The largest absolute Gasteiger partial charge is 0.462 e. The highest BCUT2D eigenvalue weighted by Gasteiger charge is 2.26. The summed E-state index contributed by atoms with van der Waals surface area (Å²) >= 11 is 0. The molecule has 5 nitrogen and oxygen atoms in total. The van der Waals surface area contributed by atoms with Gasteiger partial charge in [0.25, 0.3) is 0 Å². The van der Waals surface area contributed by atoms with Gasteiger partial charge in [0.2, 0.25) is 0 Å². The number of alkyl halides is 1. The van der Waals surface area contributed by atoms with E-state index in [4.69, 9.17) is 9.47 Å². The summed E-state index contributed by atoms with van der Waals surface area (Å²) in [6.45, 7) is 8.53. The second-order valence-corrected chi connectivity index (χ2v) is 13.1. The van der Waals surface area contributed by atoms with Crippen LogP contribution in [-0.4, -0.2) is 18.7 Å². The Morgan fingerprint density at radius 3 is 2.41 bits per heavy atom. The van der Waals surface area contributed by atoms with E-state index in [1.807, 2.05) is 25.1 Å². The minimum absolute atomic E-state index is 0.0135. The number of ether oxygens (including phenoxy) is 2. The molecule has 0 heterocycles. The number of hydrogen-bond donors (Lipinski definition) is 0. The number of halogens is 2. The van der Waals surface area contributed by atoms with Crippen molar-refractivity contribution in [1.82, 2.24) is 0 Å². The van der Waals surface area contributed by atoms with Gasteiger partial charge < -0.3 is 9.47 Å². The predicted molar refractivity (Wildman–Crippen MR) is 175 cm³/mol. The number of nitriles is 2. The SMILES string of the molecule is CCCCOC(=O)c1cccc(Oc2cc(C(C)(C)C)cc3cc(C#N)c(C#N)c(-c4cc(F)cc(C5CCC(F)CC5)c4)c23)c1. The van der Waals surface area contributed by atoms with Gasteiger partial charge >= 0.3 is 5.97 Å². The molecule has 0 atom stereocenters. The number of fused-ring (bicyclic) bond motifs is 1. The van der Waals surface area contributed by atoms with Gasteiger partial charge in [-0.3, -0.25) is 0 Å². The molecular weight excluding hydrogens is 582 g/mol. The fraction of sp³-hybridized carbons (Fsp3) is 0.359.